The zero-order valence-electron chi connectivity index (χ0n) is 8.40. The first-order valence-corrected chi connectivity index (χ1v) is 5.69. The minimum absolute atomic E-state index is 0.295. The van der Waals surface area contributed by atoms with Crippen LogP contribution in [-0.4, -0.2) is 16.1 Å². The summed E-state index contributed by atoms with van der Waals surface area (Å²) in [5.41, 5.74) is 0.651. The van der Waals surface area contributed by atoms with E-state index in [4.69, 9.17) is 0 Å². The van der Waals surface area contributed by atoms with E-state index in [1.54, 1.807) is 23.9 Å². The van der Waals surface area contributed by atoms with E-state index in [-0.39, 0.29) is 5.82 Å². The number of hydrogen-bond donors (Lipinski definition) is 1. The lowest BCUT2D eigenvalue weighted by Gasteiger charge is -2.12. The van der Waals surface area contributed by atoms with Gasteiger partial charge in [0.15, 0.2) is 0 Å². The van der Waals surface area contributed by atoms with Crippen molar-refractivity contribution in [3.8, 4) is 0 Å². The van der Waals surface area contributed by atoms with Gasteiger partial charge in [-0.05, 0) is 22.9 Å². The van der Waals surface area contributed by atoms with Gasteiger partial charge in [-0.15, -0.1) is 0 Å². The van der Waals surface area contributed by atoms with E-state index in [9.17, 15) is 9.50 Å². The summed E-state index contributed by atoms with van der Waals surface area (Å²) >= 11 is 1.67. The second-order valence-electron chi connectivity index (χ2n) is 3.45. The predicted molar refractivity (Wildman–Crippen MR) is 59.0 cm³/mol. The molecule has 0 saturated heterocycles. The Hall–Kier alpha value is -0.540. The molecule has 3 heteroatoms. The number of benzene rings is 1. The summed E-state index contributed by atoms with van der Waals surface area (Å²) in [7, 11) is 0. The number of halogens is 1. The molecule has 1 atom stereocenters. The van der Waals surface area contributed by atoms with E-state index in [2.05, 4.69) is 13.8 Å². The summed E-state index contributed by atoms with van der Waals surface area (Å²) in [5, 5.41) is 10.2. The molecule has 0 heterocycles. The average Bonchev–Trinajstić information content (AvgIpc) is 2.14. The quantitative estimate of drug-likeness (QED) is 0.831. The lowest BCUT2D eigenvalue weighted by Crippen LogP contribution is -2.03. The maximum atomic E-state index is 12.8. The van der Waals surface area contributed by atoms with Crippen molar-refractivity contribution in [1.82, 2.24) is 0 Å². The van der Waals surface area contributed by atoms with Gasteiger partial charge in [0.25, 0.3) is 0 Å². The minimum atomic E-state index is -0.571. The fourth-order valence-corrected chi connectivity index (χ4v) is 1.85. The SMILES string of the molecule is CC(C)SCC(O)c1cccc(F)c1. The monoisotopic (exact) mass is 214 g/mol. The molecule has 0 aliphatic rings. The number of thioether (sulfide) groups is 1. The number of aliphatic hydroxyl groups excluding tert-OH is 1. The molecule has 1 aromatic rings. The van der Waals surface area contributed by atoms with Gasteiger partial charge in [0.1, 0.15) is 5.82 Å². The third-order valence-corrected chi connectivity index (χ3v) is 3.00. The van der Waals surface area contributed by atoms with Gasteiger partial charge in [-0.3, -0.25) is 0 Å². The Morgan fingerprint density at radius 1 is 1.43 bits per heavy atom. The van der Waals surface area contributed by atoms with Crippen molar-refractivity contribution < 1.29 is 9.50 Å². The van der Waals surface area contributed by atoms with Crippen LogP contribution < -0.4 is 0 Å². The summed E-state index contributed by atoms with van der Waals surface area (Å²) in [5.74, 6) is 0.317. The molecule has 0 spiro atoms. The molecule has 0 fully saturated rings. The minimum Gasteiger partial charge on any atom is -0.388 e. The molecule has 78 valence electrons. The lowest BCUT2D eigenvalue weighted by atomic mass is 10.1. The molecule has 0 aliphatic carbocycles. The van der Waals surface area contributed by atoms with Crippen molar-refractivity contribution in [3.05, 3.63) is 35.6 Å². The molecule has 1 aromatic carbocycles. The van der Waals surface area contributed by atoms with Crippen LogP contribution >= 0.6 is 11.8 Å². The Kier molecular flexibility index (Phi) is 4.42. The van der Waals surface area contributed by atoms with Crippen LogP contribution in [-0.2, 0) is 0 Å². The summed E-state index contributed by atoms with van der Waals surface area (Å²) in [4.78, 5) is 0. The third kappa shape index (κ3) is 3.68. The number of rotatable bonds is 4. The van der Waals surface area contributed by atoms with Gasteiger partial charge < -0.3 is 5.11 Å². The molecule has 0 saturated carbocycles. The molecule has 0 aliphatic heterocycles. The molecule has 1 unspecified atom stereocenters. The maximum absolute atomic E-state index is 12.8. The van der Waals surface area contributed by atoms with E-state index in [0.717, 1.165) is 0 Å². The van der Waals surface area contributed by atoms with Crippen molar-refractivity contribution in [2.75, 3.05) is 5.75 Å². The standard InChI is InChI=1S/C11H15FOS/c1-8(2)14-7-11(13)9-4-3-5-10(12)6-9/h3-6,8,11,13H,7H2,1-2H3. The highest BCUT2D eigenvalue weighted by Crippen LogP contribution is 2.21. The van der Waals surface area contributed by atoms with Gasteiger partial charge in [-0.25, -0.2) is 4.39 Å². The average molecular weight is 214 g/mol. The Balaban J connectivity index is 2.56. The molecular weight excluding hydrogens is 199 g/mol. The van der Waals surface area contributed by atoms with Gasteiger partial charge in [0.2, 0.25) is 0 Å². The van der Waals surface area contributed by atoms with Crippen molar-refractivity contribution in [2.45, 2.75) is 25.2 Å². The molecule has 1 nitrogen and oxygen atoms in total. The zero-order valence-corrected chi connectivity index (χ0v) is 9.22. The largest absolute Gasteiger partial charge is 0.388 e. The Morgan fingerprint density at radius 3 is 2.71 bits per heavy atom. The first-order valence-electron chi connectivity index (χ1n) is 4.64. The summed E-state index contributed by atoms with van der Waals surface area (Å²) in [6, 6.07) is 6.12. The molecule has 1 rings (SSSR count). The van der Waals surface area contributed by atoms with Crippen LogP contribution in [0.25, 0.3) is 0 Å². The molecule has 0 aromatic heterocycles. The van der Waals surface area contributed by atoms with Crippen molar-refractivity contribution in [1.29, 1.82) is 0 Å². The van der Waals surface area contributed by atoms with E-state index in [0.29, 0.717) is 16.6 Å². The van der Waals surface area contributed by atoms with Crippen molar-refractivity contribution in [2.24, 2.45) is 0 Å². The lowest BCUT2D eigenvalue weighted by molar-refractivity contribution is 0.203. The van der Waals surface area contributed by atoms with E-state index in [1.165, 1.54) is 12.1 Å². The fourth-order valence-electron chi connectivity index (χ4n) is 1.09. The summed E-state index contributed by atoms with van der Waals surface area (Å²) < 4.78 is 12.8. The molecular formula is C11H15FOS. The van der Waals surface area contributed by atoms with Crippen LogP contribution in [0.1, 0.15) is 25.5 Å². The highest BCUT2D eigenvalue weighted by molar-refractivity contribution is 7.99. The topological polar surface area (TPSA) is 20.2 Å². The second-order valence-corrected chi connectivity index (χ2v) is 5.06. The van der Waals surface area contributed by atoms with Gasteiger partial charge in [0, 0.05) is 5.75 Å². The Labute approximate surface area is 88.3 Å². The Morgan fingerprint density at radius 2 is 2.14 bits per heavy atom. The van der Waals surface area contributed by atoms with E-state index >= 15 is 0 Å². The molecule has 0 amide bonds. The van der Waals surface area contributed by atoms with Gasteiger partial charge in [0.05, 0.1) is 6.10 Å². The third-order valence-electron chi connectivity index (χ3n) is 1.82. The number of hydrogen-bond acceptors (Lipinski definition) is 2. The normalized spacial score (nSPS) is 13.2. The Bertz CT molecular complexity index is 288. The molecule has 1 N–H and O–H groups in total. The zero-order chi connectivity index (χ0) is 10.6. The second kappa shape index (κ2) is 5.37. The van der Waals surface area contributed by atoms with Crippen LogP contribution in [0.2, 0.25) is 0 Å². The van der Waals surface area contributed by atoms with E-state index < -0.39 is 6.10 Å². The van der Waals surface area contributed by atoms with Gasteiger partial charge in [-0.2, -0.15) is 11.8 Å². The van der Waals surface area contributed by atoms with Gasteiger partial charge >= 0.3 is 0 Å². The fraction of sp³-hybridized carbons (Fsp3) is 0.455. The highest BCUT2D eigenvalue weighted by atomic mass is 32.2. The van der Waals surface area contributed by atoms with Crippen LogP contribution in [0, 0.1) is 5.82 Å². The summed E-state index contributed by atoms with van der Waals surface area (Å²) in [6.45, 7) is 4.14. The van der Waals surface area contributed by atoms with E-state index in [1.807, 2.05) is 0 Å². The highest BCUT2D eigenvalue weighted by Gasteiger charge is 2.08. The van der Waals surface area contributed by atoms with Crippen LogP contribution in [0.4, 0.5) is 4.39 Å². The predicted octanol–water partition coefficient (Wildman–Crippen LogP) is 3.00. The maximum Gasteiger partial charge on any atom is 0.123 e. The smallest absolute Gasteiger partial charge is 0.123 e. The summed E-state index contributed by atoms with van der Waals surface area (Å²) in [6.07, 6.45) is -0.571. The van der Waals surface area contributed by atoms with Crippen LogP contribution in [0.15, 0.2) is 24.3 Å². The van der Waals surface area contributed by atoms with Crippen LogP contribution in [0.3, 0.4) is 0 Å². The molecule has 14 heavy (non-hydrogen) atoms. The van der Waals surface area contributed by atoms with Crippen molar-refractivity contribution >= 4 is 11.8 Å². The molecule has 0 radical (unpaired) electrons. The van der Waals surface area contributed by atoms with Crippen LogP contribution in [0.5, 0.6) is 0 Å². The molecule has 0 bridgehead atoms. The number of aliphatic hydroxyl groups is 1. The van der Waals surface area contributed by atoms with Crippen molar-refractivity contribution in [3.63, 3.8) is 0 Å². The first kappa shape index (κ1) is 11.5. The van der Waals surface area contributed by atoms with Gasteiger partial charge in [-0.1, -0.05) is 26.0 Å². The first-order chi connectivity index (χ1) is 6.59.